The van der Waals surface area contributed by atoms with E-state index < -0.39 is 15.9 Å². The molecule has 0 spiro atoms. The summed E-state index contributed by atoms with van der Waals surface area (Å²) in [6.45, 7) is 3.12. The fourth-order valence-electron chi connectivity index (χ4n) is 3.53. The summed E-state index contributed by atoms with van der Waals surface area (Å²) >= 11 is 0. The molecule has 3 aromatic carbocycles. The van der Waals surface area contributed by atoms with Gasteiger partial charge in [0.05, 0.1) is 23.8 Å². The van der Waals surface area contributed by atoms with Crippen LogP contribution in [0.15, 0.2) is 88.9 Å². The maximum atomic E-state index is 12.9. The van der Waals surface area contributed by atoms with E-state index in [0.29, 0.717) is 32.0 Å². The average molecular weight is 464 g/mol. The molecule has 1 saturated heterocycles. The van der Waals surface area contributed by atoms with Crippen LogP contribution in [0.1, 0.15) is 22.8 Å². The molecule has 8 heteroatoms. The minimum absolute atomic E-state index is 0.0780. The van der Waals surface area contributed by atoms with Crippen LogP contribution in [0, 0.1) is 0 Å². The van der Waals surface area contributed by atoms with Crippen molar-refractivity contribution in [2.45, 2.75) is 11.8 Å². The molecular weight excluding hydrogens is 438 g/mol. The molecule has 7 nitrogen and oxygen atoms in total. The first-order chi connectivity index (χ1) is 15.9. The van der Waals surface area contributed by atoms with E-state index in [9.17, 15) is 13.2 Å². The van der Waals surface area contributed by atoms with Crippen LogP contribution in [-0.2, 0) is 14.8 Å². The number of rotatable bonds is 6. The highest BCUT2D eigenvalue weighted by atomic mass is 32.2. The molecule has 33 heavy (non-hydrogen) atoms. The number of benzene rings is 3. The molecule has 0 radical (unpaired) electrons. The van der Waals surface area contributed by atoms with Crippen molar-refractivity contribution in [2.24, 2.45) is 5.10 Å². The van der Waals surface area contributed by atoms with Crippen LogP contribution in [0.4, 0.5) is 0 Å². The lowest BCUT2D eigenvalue weighted by atomic mass is 10.0. The van der Waals surface area contributed by atoms with Gasteiger partial charge in [0.2, 0.25) is 10.0 Å². The van der Waals surface area contributed by atoms with Crippen LogP contribution in [0.3, 0.4) is 0 Å². The van der Waals surface area contributed by atoms with Crippen LogP contribution in [0.2, 0.25) is 0 Å². The second-order valence-corrected chi connectivity index (χ2v) is 9.56. The standard InChI is InChI=1S/C25H25N3O4S/c1-19(20-10-12-22(13-11-20)21-6-3-2-4-7-21)26-27-25(29)23-8-5-9-24(18-23)33(30,31)28-14-16-32-17-15-28/h2-13,18H,14-17H2,1H3,(H,27,29)/b26-19-. The maximum absolute atomic E-state index is 12.9. The van der Waals surface area contributed by atoms with Gasteiger partial charge >= 0.3 is 0 Å². The van der Waals surface area contributed by atoms with E-state index in [1.807, 2.05) is 54.6 Å². The molecule has 0 atom stereocenters. The minimum atomic E-state index is -3.68. The van der Waals surface area contributed by atoms with Crippen molar-refractivity contribution in [1.82, 2.24) is 9.73 Å². The number of ether oxygens (including phenoxy) is 1. The second kappa shape index (κ2) is 10.1. The van der Waals surface area contributed by atoms with Crippen molar-refractivity contribution in [3.63, 3.8) is 0 Å². The molecule has 1 aliphatic heterocycles. The highest BCUT2D eigenvalue weighted by molar-refractivity contribution is 7.89. The van der Waals surface area contributed by atoms with Gasteiger partial charge in [-0.15, -0.1) is 0 Å². The molecule has 3 aromatic rings. The summed E-state index contributed by atoms with van der Waals surface area (Å²) in [5, 5.41) is 4.20. The molecule has 1 aliphatic rings. The lowest BCUT2D eigenvalue weighted by Gasteiger charge is -2.26. The predicted octanol–water partition coefficient (Wildman–Crippen LogP) is 3.53. The summed E-state index contributed by atoms with van der Waals surface area (Å²) in [5.41, 5.74) is 6.47. The molecule has 4 rings (SSSR count). The van der Waals surface area contributed by atoms with Gasteiger partial charge in [0, 0.05) is 18.7 Å². The average Bonchev–Trinajstić information content (AvgIpc) is 2.88. The topological polar surface area (TPSA) is 88.1 Å². The Bertz CT molecular complexity index is 1250. The van der Waals surface area contributed by atoms with Crippen molar-refractivity contribution < 1.29 is 17.9 Å². The fraction of sp³-hybridized carbons (Fsp3) is 0.200. The summed E-state index contributed by atoms with van der Waals surface area (Å²) in [6, 6.07) is 23.9. The van der Waals surface area contributed by atoms with Gasteiger partial charge in [0.15, 0.2) is 0 Å². The normalized spacial score (nSPS) is 15.2. The highest BCUT2D eigenvalue weighted by Crippen LogP contribution is 2.20. The Kier molecular flexibility index (Phi) is 6.98. The lowest BCUT2D eigenvalue weighted by Crippen LogP contribution is -2.40. The number of amides is 1. The van der Waals surface area contributed by atoms with E-state index in [-0.39, 0.29) is 10.5 Å². The molecule has 170 valence electrons. The van der Waals surface area contributed by atoms with Gasteiger partial charge in [0.1, 0.15) is 0 Å². The van der Waals surface area contributed by atoms with Crippen molar-refractivity contribution in [3.05, 3.63) is 90.0 Å². The second-order valence-electron chi connectivity index (χ2n) is 7.63. The van der Waals surface area contributed by atoms with Crippen LogP contribution in [0.25, 0.3) is 11.1 Å². The highest BCUT2D eigenvalue weighted by Gasteiger charge is 2.26. The van der Waals surface area contributed by atoms with Gasteiger partial charge in [-0.2, -0.15) is 9.41 Å². The molecule has 0 bridgehead atoms. The smallest absolute Gasteiger partial charge is 0.271 e. The molecule has 0 unspecified atom stereocenters. The van der Waals surface area contributed by atoms with E-state index in [2.05, 4.69) is 10.5 Å². The SMILES string of the molecule is C/C(=N/NC(=O)c1cccc(S(=O)(=O)N2CCOCC2)c1)c1ccc(-c2ccccc2)cc1. The third-order valence-corrected chi connectivity index (χ3v) is 7.33. The largest absolute Gasteiger partial charge is 0.379 e. The number of carbonyl (C=O) groups is 1. The maximum Gasteiger partial charge on any atom is 0.271 e. The van der Waals surface area contributed by atoms with Crippen molar-refractivity contribution in [1.29, 1.82) is 0 Å². The first kappa shape index (κ1) is 22.8. The van der Waals surface area contributed by atoms with Crippen LogP contribution in [0.5, 0.6) is 0 Å². The summed E-state index contributed by atoms with van der Waals surface area (Å²) < 4.78 is 32.3. The summed E-state index contributed by atoms with van der Waals surface area (Å²) in [6.07, 6.45) is 0. The number of hydrogen-bond donors (Lipinski definition) is 1. The molecular formula is C25H25N3O4S. The number of hydrogen-bond acceptors (Lipinski definition) is 5. The zero-order chi connectivity index (χ0) is 23.3. The van der Waals surface area contributed by atoms with Gasteiger partial charge in [-0.05, 0) is 41.8 Å². The van der Waals surface area contributed by atoms with E-state index in [0.717, 1.165) is 16.7 Å². The summed E-state index contributed by atoms with van der Waals surface area (Å²) in [5.74, 6) is -0.478. The first-order valence-corrected chi connectivity index (χ1v) is 12.1. The Morgan fingerprint density at radius 2 is 1.55 bits per heavy atom. The summed E-state index contributed by atoms with van der Waals surface area (Å²) in [7, 11) is -3.68. The third kappa shape index (κ3) is 5.36. The molecule has 1 N–H and O–H groups in total. The van der Waals surface area contributed by atoms with Crippen LogP contribution < -0.4 is 5.43 Å². The number of nitrogens with zero attached hydrogens (tertiary/aromatic N) is 2. The van der Waals surface area contributed by atoms with Crippen molar-refractivity contribution in [3.8, 4) is 11.1 Å². The zero-order valence-corrected chi connectivity index (χ0v) is 19.1. The number of hydrazone groups is 1. The van der Waals surface area contributed by atoms with Gasteiger partial charge in [-0.3, -0.25) is 4.79 Å². The molecule has 1 fully saturated rings. The van der Waals surface area contributed by atoms with Crippen LogP contribution in [-0.4, -0.2) is 50.6 Å². The Balaban J connectivity index is 1.45. The molecule has 0 aromatic heterocycles. The van der Waals surface area contributed by atoms with Gasteiger partial charge in [-0.1, -0.05) is 60.7 Å². The van der Waals surface area contributed by atoms with E-state index in [1.54, 1.807) is 19.1 Å². The fourth-order valence-corrected chi connectivity index (χ4v) is 4.99. The predicted molar refractivity (Wildman–Crippen MR) is 128 cm³/mol. The van der Waals surface area contributed by atoms with E-state index in [4.69, 9.17) is 4.74 Å². The molecule has 1 heterocycles. The van der Waals surface area contributed by atoms with E-state index in [1.165, 1.54) is 16.4 Å². The van der Waals surface area contributed by atoms with Crippen molar-refractivity contribution >= 4 is 21.6 Å². The minimum Gasteiger partial charge on any atom is -0.379 e. The Labute approximate surface area is 193 Å². The third-order valence-electron chi connectivity index (χ3n) is 5.44. The van der Waals surface area contributed by atoms with Crippen LogP contribution >= 0.6 is 0 Å². The first-order valence-electron chi connectivity index (χ1n) is 10.6. The Morgan fingerprint density at radius 3 is 2.24 bits per heavy atom. The molecule has 0 saturated carbocycles. The molecule has 1 amide bonds. The quantitative estimate of drug-likeness (QED) is 0.448. The molecule has 0 aliphatic carbocycles. The van der Waals surface area contributed by atoms with E-state index >= 15 is 0 Å². The number of carbonyl (C=O) groups excluding carboxylic acids is 1. The van der Waals surface area contributed by atoms with Gasteiger partial charge in [-0.25, -0.2) is 13.8 Å². The Hall–Kier alpha value is -3.33. The Morgan fingerprint density at radius 1 is 0.879 bits per heavy atom. The summed E-state index contributed by atoms with van der Waals surface area (Å²) in [4.78, 5) is 12.7. The monoisotopic (exact) mass is 463 g/mol. The number of sulfonamides is 1. The van der Waals surface area contributed by atoms with Gasteiger partial charge < -0.3 is 4.74 Å². The lowest BCUT2D eigenvalue weighted by molar-refractivity contribution is 0.0730. The number of nitrogens with one attached hydrogen (secondary N) is 1. The number of morpholine rings is 1. The zero-order valence-electron chi connectivity index (χ0n) is 18.3. The van der Waals surface area contributed by atoms with Gasteiger partial charge in [0.25, 0.3) is 5.91 Å². The van der Waals surface area contributed by atoms with Crippen molar-refractivity contribution in [2.75, 3.05) is 26.3 Å².